The van der Waals surface area contributed by atoms with Gasteiger partial charge in [-0.1, -0.05) is 0 Å². The molecule has 0 bridgehead atoms. The molecule has 1 N–H and O–H groups in total. The number of carbonyl (C=O) groups is 3. The van der Waals surface area contributed by atoms with Crippen LogP contribution in [0.3, 0.4) is 0 Å². The number of nitrogens with zero attached hydrogens (tertiary/aromatic N) is 3. The lowest BCUT2D eigenvalue weighted by molar-refractivity contribution is -0.129. The monoisotopic (exact) mass is 384 g/mol. The average molecular weight is 384 g/mol. The van der Waals surface area contributed by atoms with Crippen molar-refractivity contribution in [3.05, 3.63) is 30.1 Å². The van der Waals surface area contributed by atoms with Gasteiger partial charge in [0.1, 0.15) is 0 Å². The third-order valence-corrected chi connectivity index (χ3v) is 6.14. The second-order valence-electron chi connectivity index (χ2n) is 8.37. The molecule has 0 aromatic carbocycles. The van der Waals surface area contributed by atoms with Gasteiger partial charge in [-0.15, -0.1) is 0 Å². The molecule has 3 heterocycles. The summed E-state index contributed by atoms with van der Waals surface area (Å²) in [6.45, 7) is 3.38. The van der Waals surface area contributed by atoms with E-state index in [9.17, 15) is 14.4 Å². The minimum atomic E-state index is -0.210. The SMILES string of the molecule is O=C(NCC1CC1)C1CC(=O)N(CC2CCN(C(=O)c3cccnc3)CC2)C1. The summed E-state index contributed by atoms with van der Waals surface area (Å²) in [5.74, 6) is 0.960. The minimum Gasteiger partial charge on any atom is -0.356 e. The fourth-order valence-electron chi connectivity index (χ4n) is 4.14. The highest BCUT2D eigenvalue weighted by molar-refractivity contribution is 5.94. The van der Waals surface area contributed by atoms with Crippen LogP contribution in [0.2, 0.25) is 0 Å². The molecule has 2 saturated heterocycles. The first-order chi connectivity index (χ1) is 13.6. The van der Waals surface area contributed by atoms with E-state index in [4.69, 9.17) is 0 Å². The Morgan fingerprint density at radius 1 is 1.14 bits per heavy atom. The molecule has 7 nitrogen and oxygen atoms in total. The van der Waals surface area contributed by atoms with Crippen LogP contribution in [0.25, 0.3) is 0 Å². The number of amides is 3. The Labute approximate surface area is 165 Å². The summed E-state index contributed by atoms with van der Waals surface area (Å²) in [7, 11) is 0. The van der Waals surface area contributed by atoms with Crippen molar-refractivity contribution < 1.29 is 14.4 Å². The zero-order chi connectivity index (χ0) is 19.5. The maximum atomic E-state index is 12.5. The third-order valence-electron chi connectivity index (χ3n) is 6.14. The largest absolute Gasteiger partial charge is 0.356 e. The molecule has 1 unspecified atom stereocenters. The number of aromatic nitrogens is 1. The summed E-state index contributed by atoms with van der Waals surface area (Å²) in [5.41, 5.74) is 0.621. The van der Waals surface area contributed by atoms with Gasteiger partial charge in [-0.25, -0.2) is 0 Å². The van der Waals surface area contributed by atoms with E-state index in [0.29, 0.717) is 50.0 Å². The van der Waals surface area contributed by atoms with E-state index in [0.717, 1.165) is 19.4 Å². The zero-order valence-electron chi connectivity index (χ0n) is 16.2. The lowest BCUT2D eigenvalue weighted by Crippen LogP contribution is -2.42. The quantitative estimate of drug-likeness (QED) is 0.802. The standard InChI is InChI=1S/C21H28N4O3/c26-19-10-18(20(27)23-11-15-3-4-15)14-25(19)13-16-5-8-24(9-6-16)21(28)17-2-1-7-22-12-17/h1-2,7,12,15-16,18H,3-6,8-11,13-14H2,(H,23,27). The fraction of sp³-hybridized carbons (Fsp3) is 0.619. The molecule has 3 amide bonds. The highest BCUT2D eigenvalue weighted by Gasteiger charge is 2.36. The van der Waals surface area contributed by atoms with Crippen LogP contribution in [0, 0.1) is 17.8 Å². The Morgan fingerprint density at radius 3 is 2.61 bits per heavy atom. The molecule has 7 heteroatoms. The van der Waals surface area contributed by atoms with Crippen LogP contribution in [-0.2, 0) is 9.59 Å². The number of piperidine rings is 1. The van der Waals surface area contributed by atoms with Gasteiger partial charge in [-0.05, 0) is 49.7 Å². The van der Waals surface area contributed by atoms with E-state index < -0.39 is 0 Å². The van der Waals surface area contributed by atoms with Crippen molar-refractivity contribution in [2.45, 2.75) is 32.1 Å². The molecule has 1 aliphatic carbocycles. The first-order valence-corrected chi connectivity index (χ1v) is 10.3. The first-order valence-electron chi connectivity index (χ1n) is 10.3. The number of nitrogens with one attached hydrogen (secondary N) is 1. The molecule has 4 rings (SSSR count). The molecule has 1 aromatic rings. The number of likely N-dealkylation sites (tertiary alicyclic amines) is 2. The van der Waals surface area contributed by atoms with Crippen molar-refractivity contribution in [3.8, 4) is 0 Å². The molecule has 3 fully saturated rings. The second-order valence-corrected chi connectivity index (χ2v) is 8.37. The minimum absolute atomic E-state index is 0.0243. The molecule has 150 valence electrons. The van der Waals surface area contributed by atoms with Crippen LogP contribution in [0.5, 0.6) is 0 Å². The van der Waals surface area contributed by atoms with Gasteiger partial charge in [0.05, 0.1) is 11.5 Å². The van der Waals surface area contributed by atoms with Gasteiger partial charge in [0.25, 0.3) is 5.91 Å². The van der Waals surface area contributed by atoms with Gasteiger partial charge in [0.15, 0.2) is 0 Å². The van der Waals surface area contributed by atoms with Crippen LogP contribution in [0.1, 0.15) is 42.5 Å². The van der Waals surface area contributed by atoms with Gasteiger partial charge in [-0.3, -0.25) is 19.4 Å². The van der Waals surface area contributed by atoms with E-state index >= 15 is 0 Å². The summed E-state index contributed by atoms with van der Waals surface area (Å²) in [5, 5.41) is 3.00. The molecule has 0 radical (unpaired) electrons. The lowest BCUT2D eigenvalue weighted by Gasteiger charge is -2.34. The molecule has 0 spiro atoms. The predicted molar refractivity (Wildman–Crippen MR) is 103 cm³/mol. The molecule has 2 aliphatic heterocycles. The summed E-state index contributed by atoms with van der Waals surface area (Å²) in [6, 6.07) is 3.56. The number of rotatable bonds is 6. The van der Waals surface area contributed by atoms with Crippen molar-refractivity contribution in [1.29, 1.82) is 0 Å². The van der Waals surface area contributed by atoms with Crippen molar-refractivity contribution in [3.63, 3.8) is 0 Å². The van der Waals surface area contributed by atoms with Crippen molar-refractivity contribution in [2.75, 3.05) is 32.7 Å². The zero-order valence-corrected chi connectivity index (χ0v) is 16.2. The van der Waals surface area contributed by atoms with Crippen molar-refractivity contribution in [1.82, 2.24) is 20.1 Å². The van der Waals surface area contributed by atoms with E-state index in [2.05, 4.69) is 10.3 Å². The first kappa shape index (κ1) is 18.9. The molecule has 1 aromatic heterocycles. The maximum absolute atomic E-state index is 12.5. The summed E-state index contributed by atoms with van der Waals surface area (Å²) in [4.78, 5) is 44.9. The number of pyridine rings is 1. The number of carbonyl (C=O) groups excluding carboxylic acids is 3. The summed E-state index contributed by atoms with van der Waals surface area (Å²) in [6.07, 6.45) is 7.77. The van der Waals surface area contributed by atoms with Crippen molar-refractivity contribution >= 4 is 17.7 Å². The van der Waals surface area contributed by atoms with Crippen LogP contribution >= 0.6 is 0 Å². The van der Waals surface area contributed by atoms with Gasteiger partial charge in [-0.2, -0.15) is 0 Å². The van der Waals surface area contributed by atoms with E-state index in [1.165, 1.54) is 12.8 Å². The molecular weight excluding hydrogens is 356 g/mol. The molecule has 3 aliphatic rings. The molecule has 28 heavy (non-hydrogen) atoms. The summed E-state index contributed by atoms with van der Waals surface area (Å²) < 4.78 is 0. The highest BCUT2D eigenvalue weighted by Crippen LogP contribution is 2.28. The van der Waals surface area contributed by atoms with Crippen LogP contribution < -0.4 is 5.32 Å². The highest BCUT2D eigenvalue weighted by atomic mass is 16.2. The normalized spacial score (nSPS) is 23.1. The average Bonchev–Trinajstić information content (AvgIpc) is 3.49. The van der Waals surface area contributed by atoms with E-state index in [1.807, 2.05) is 9.80 Å². The van der Waals surface area contributed by atoms with E-state index in [1.54, 1.807) is 24.5 Å². The van der Waals surface area contributed by atoms with Crippen molar-refractivity contribution in [2.24, 2.45) is 17.8 Å². The maximum Gasteiger partial charge on any atom is 0.255 e. The van der Waals surface area contributed by atoms with Crippen LogP contribution in [0.15, 0.2) is 24.5 Å². The Kier molecular flexibility index (Phi) is 5.59. The lowest BCUT2D eigenvalue weighted by atomic mass is 9.95. The molecular formula is C21H28N4O3. The Bertz CT molecular complexity index is 726. The molecule has 1 atom stereocenters. The Morgan fingerprint density at radius 2 is 1.93 bits per heavy atom. The van der Waals surface area contributed by atoms with Crippen LogP contribution in [-0.4, -0.2) is 65.2 Å². The second kappa shape index (κ2) is 8.29. The Hall–Kier alpha value is -2.44. The predicted octanol–water partition coefficient (Wildman–Crippen LogP) is 1.31. The smallest absolute Gasteiger partial charge is 0.255 e. The fourth-order valence-corrected chi connectivity index (χ4v) is 4.14. The Balaban J connectivity index is 1.22. The third kappa shape index (κ3) is 4.51. The van der Waals surface area contributed by atoms with Gasteiger partial charge >= 0.3 is 0 Å². The van der Waals surface area contributed by atoms with Gasteiger partial charge in [0.2, 0.25) is 11.8 Å². The van der Waals surface area contributed by atoms with Gasteiger partial charge in [0, 0.05) is 51.5 Å². The molecule has 1 saturated carbocycles. The van der Waals surface area contributed by atoms with Gasteiger partial charge < -0.3 is 15.1 Å². The topological polar surface area (TPSA) is 82.6 Å². The summed E-state index contributed by atoms with van der Waals surface area (Å²) >= 11 is 0. The van der Waals surface area contributed by atoms with Crippen LogP contribution in [0.4, 0.5) is 0 Å². The number of hydrogen-bond donors (Lipinski definition) is 1. The van der Waals surface area contributed by atoms with E-state index in [-0.39, 0.29) is 23.6 Å². The number of hydrogen-bond acceptors (Lipinski definition) is 4.